The average molecular weight is 279 g/mol. The largest absolute Gasteiger partial charge is 0.370 e. The fourth-order valence-electron chi connectivity index (χ4n) is 1.76. The summed E-state index contributed by atoms with van der Waals surface area (Å²) < 4.78 is 0. The highest BCUT2D eigenvalue weighted by atomic mass is 16.1. The van der Waals surface area contributed by atoms with Crippen molar-refractivity contribution in [3.05, 3.63) is 11.9 Å². The fraction of sp³-hybridized carbons (Fsp3) is 0.643. The summed E-state index contributed by atoms with van der Waals surface area (Å²) in [5.74, 6) is 1.29. The van der Waals surface area contributed by atoms with E-state index in [4.69, 9.17) is 5.73 Å². The lowest BCUT2D eigenvalue weighted by Crippen LogP contribution is -2.37. The van der Waals surface area contributed by atoms with Gasteiger partial charge in [0.05, 0.1) is 5.41 Å². The monoisotopic (exact) mass is 279 g/mol. The smallest absolute Gasteiger partial charge is 0.224 e. The minimum atomic E-state index is -0.618. The molecule has 0 saturated heterocycles. The van der Waals surface area contributed by atoms with Crippen molar-refractivity contribution in [3.63, 3.8) is 0 Å². The maximum absolute atomic E-state index is 11.4. The van der Waals surface area contributed by atoms with E-state index < -0.39 is 5.41 Å². The second-order valence-corrected chi connectivity index (χ2v) is 5.43. The molecule has 0 aliphatic heterocycles. The first-order valence-electron chi connectivity index (χ1n) is 7.03. The van der Waals surface area contributed by atoms with E-state index in [1.54, 1.807) is 0 Å². The van der Waals surface area contributed by atoms with Crippen molar-refractivity contribution >= 4 is 17.5 Å². The van der Waals surface area contributed by atoms with Crippen LogP contribution in [0, 0.1) is 5.41 Å². The minimum Gasteiger partial charge on any atom is -0.370 e. The molecule has 20 heavy (non-hydrogen) atoms. The molecular weight excluding hydrogens is 254 g/mol. The summed E-state index contributed by atoms with van der Waals surface area (Å²) in [6.07, 6.45) is 3.40. The molecule has 6 nitrogen and oxygen atoms in total. The van der Waals surface area contributed by atoms with E-state index >= 15 is 0 Å². The molecule has 0 radical (unpaired) electrons. The molecule has 0 saturated carbocycles. The summed E-state index contributed by atoms with van der Waals surface area (Å²) in [5, 5.41) is 6.47. The normalized spacial score (nSPS) is 11.2. The Bertz CT molecular complexity index is 459. The third-order valence-corrected chi connectivity index (χ3v) is 3.15. The van der Waals surface area contributed by atoms with Crippen molar-refractivity contribution in [3.8, 4) is 0 Å². The molecule has 1 heterocycles. The molecule has 0 fully saturated rings. The first kappa shape index (κ1) is 16.2. The molecule has 6 heteroatoms. The van der Waals surface area contributed by atoms with E-state index in [1.165, 1.54) is 6.33 Å². The van der Waals surface area contributed by atoms with Crippen molar-refractivity contribution in [1.82, 2.24) is 9.97 Å². The van der Waals surface area contributed by atoms with Gasteiger partial charge in [0, 0.05) is 18.7 Å². The van der Waals surface area contributed by atoms with Crippen LogP contribution in [0.25, 0.3) is 0 Å². The van der Waals surface area contributed by atoms with Gasteiger partial charge in [0.25, 0.3) is 0 Å². The number of hydrogen-bond donors (Lipinski definition) is 3. The molecule has 0 atom stereocenters. The van der Waals surface area contributed by atoms with Crippen LogP contribution in [-0.4, -0.2) is 29.0 Å². The zero-order chi connectivity index (χ0) is 15.2. The van der Waals surface area contributed by atoms with Gasteiger partial charge in [-0.15, -0.1) is 0 Å². The molecule has 1 aromatic rings. The lowest BCUT2D eigenvalue weighted by Gasteiger charge is -2.22. The van der Waals surface area contributed by atoms with Gasteiger partial charge in [0.1, 0.15) is 18.0 Å². The highest BCUT2D eigenvalue weighted by molar-refractivity contribution is 5.80. The van der Waals surface area contributed by atoms with Crippen molar-refractivity contribution in [2.45, 2.75) is 40.5 Å². The van der Waals surface area contributed by atoms with Gasteiger partial charge in [0.15, 0.2) is 0 Å². The molecule has 0 aliphatic rings. The molecule has 0 spiro atoms. The lowest BCUT2D eigenvalue weighted by molar-refractivity contribution is -0.125. The summed E-state index contributed by atoms with van der Waals surface area (Å²) >= 11 is 0. The quantitative estimate of drug-likeness (QED) is 0.674. The Balaban J connectivity index is 2.93. The van der Waals surface area contributed by atoms with Crippen LogP contribution in [-0.2, 0) is 11.2 Å². The summed E-state index contributed by atoms with van der Waals surface area (Å²) in [5.41, 5.74) is 5.82. The van der Waals surface area contributed by atoms with Crippen molar-refractivity contribution in [2.75, 3.05) is 23.7 Å². The Labute approximate surface area is 120 Å². The Kier molecular flexibility index (Phi) is 5.73. The van der Waals surface area contributed by atoms with Gasteiger partial charge < -0.3 is 16.4 Å². The SMILES string of the molecule is CCCc1c(NCC)ncnc1NCC(C)(C)C(N)=O. The number of nitrogens with one attached hydrogen (secondary N) is 2. The molecule has 1 aromatic heterocycles. The van der Waals surface area contributed by atoms with Gasteiger partial charge in [-0.25, -0.2) is 9.97 Å². The highest BCUT2D eigenvalue weighted by Gasteiger charge is 2.25. The zero-order valence-electron chi connectivity index (χ0n) is 12.8. The molecule has 0 bridgehead atoms. The third kappa shape index (κ3) is 4.08. The summed E-state index contributed by atoms with van der Waals surface area (Å²) in [6.45, 7) is 9.02. The van der Waals surface area contributed by atoms with E-state index in [0.29, 0.717) is 6.54 Å². The van der Waals surface area contributed by atoms with Gasteiger partial charge in [-0.3, -0.25) is 4.79 Å². The van der Waals surface area contributed by atoms with Crippen LogP contribution >= 0.6 is 0 Å². The van der Waals surface area contributed by atoms with Crippen LogP contribution in [0.1, 0.15) is 39.7 Å². The Hall–Kier alpha value is -1.85. The Morgan fingerprint density at radius 3 is 2.35 bits per heavy atom. The standard InChI is InChI=1S/C14H25N5O/c1-5-7-10-11(16-6-2)18-9-19-12(10)17-8-14(3,4)13(15)20/h9H,5-8H2,1-4H3,(H2,15,20)(H2,16,17,18,19). The first-order valence-corrected chi connectivity index (χ1v) is 7.03. The number of nitrogens with zero attached hydrogens (tertiary/aromatic N) is 2. The Morgan fingerprint density at radius 1 is 1.25 bits per heavy atom. The third-order valence-electron chi connectivity index (χ3n) is 3.15. The van der Waals surface area contributed by atoms with Crippen LogP contribution in [0.5, 0.6) is 0 Å². The maximum Gasteiger partial charge on any atom is 0.224 e. The van der Waals surface area contributed by atoms with Gasteiger partial charge in [0.2, 0.25) is 5.91 Å². The molecule has 0 aliphatic carbocycles. The van der Waals surface area contributed by atoms with Crippen LogP contribution in [0.15, 0.2) is 6.33 Å². The molecule has 112 valence electrons. The van der Waals surface area contributed by atoms with Crippen LogP contribution < -0.4 is 16.4 Å². The Morgan fingerprint density at radius 2 is 1.85 bits per heavy atom. The van der Waals surface area contributed by atoms with E-state index in [0.717, 1.165) is 36.6 Å². The predicted octanol–water partition coefficient (Wildman–Crippen LogP) is 1.78. The van der Waals surface area contributed by atoms with Crippen LogP contribution in [0.4, 0.5) is 11.6 Å². The number of anilines is 2. The van der Waals surface area contributed by atoms with Crippen LogP contribution in [0.3, 0.4) is 0 Å². The molecule has 1 rings (SSSR count). The minimum absolute atomic E-state index is 0.331. The number of primary amides is 1. The highest BCUT2D eigenvalue weighted by Crippen LogP contribution is 2.23. The topological polar surface area (TPSA) is 92.9 Å². The molecule has 0 aromatic carbocycles. The fourth-order valence-corrected chi connectivity index (χ4v) is 1.76. The van der Waals surface area contributed by atoms with Gasteiger partial charge >= 0.3 is 0 Å². The van der Waals surface area contributed by atoms with Crippen molar-refractivity contribution < 1.29 is 4.79 Å². The van der Waals surface area contributed by atoms with Crippen molar-refractivity contribution in [1.29, 1.82) is 0 Å². The van der Waals surface area contributed by atoms with Gasteiger partial charge in [-0.1, -0.05) is 13.3 Å². The molecule has 4 N–H and O–H groups in total. The second-order valence-electron chi connectivity index (χ2n) is 5.43. The number of hydrogen-bond acceptors (Lipinski definition) is 5. The van der Waals surface area contributed by atoms with E-state index in [1.807, 2.05) is 20.8 Å². The average Bonchev–Trinajstić information content (AvgIpc) is 2.39. The van der Waals surface area contributed by atoms with Gasteiger partial charge in [-0.05, 0) is 27.2 Å². The van der Waals surface area contributed by atoms with E-state index in [2.05, 4.69) is 27.5 Å². The lowest BCUT2D eigenvalue weighted by atomic mass is 9.92. The summed E-state index contributed by atoms with van der Waals surface area (Å²) in [7, 11) is 0. The predicted molar refractivity (Wildman–Crippen MR) is 81.7 cm³/mol. The zero-order valence-corrected chi connectivity index (χ0v) is 12.8. The van der Waals surface area contributed by atoms with E-state index in [9.17, 15) is 4.79 Å². The first-order chi connectivity index (χ1) is 9.42. The number of rotatable bonds is 8. The van der Waals surface area contributed by atoms with Gasteiger partial charge in [-0.2, -0.15) is 0 Å². The summed E-state index contributed by atoms with van der Waals surface area (Å²) in [6, 6.07) is 0. The summed E-state index contributed by atoms with van der Waals surface area (Å²) in [4.78, 5) is 19.9. The van der Waals surface area contributed by atoms with Crippen molar-refractivity contribution in [2.24, 2.45) is 11.1 Å². The second kappa shape index (κ2) is 7.07. The molecule has 1 amide bonds. The number of amides is 1. The number of carbonyl (C=O) groups excluding carboxylic acids is 1. The molecular formula is C14H25N5O. The number of carbonyl (C=O) groups is 1. The number of nitrogens with two attached hydrogens (primary N) is 1. The van der Waals surface area contributed by atoms with Crippen LogP contribution in [0.2, 0.25) is 0 Å². The number of aromatic nitrogens is 2. The van der Waals surface area contributed by atoms with E-state index in [-0.39, 0.29) is 5.91 Å². The maximum atomic E-state index is 11.4. The molecule has 0 unspecified atom stereocenters.